The van der Waals surface area contributed by atoms with Crippen LogP contribution in [0.15, 0.2) is 66.0 Å². The van der Waals surface area contributed by atoms with Gasteiger partial charge in [-0.15, -0.1) is 0 Å². The molecule has 0 atom stereocenters. The molecule has 0 amide bonds. The molecule has 214 valence electrons. The first-order valence-corrected chi connectivity index (χ1v) is 14.1. The molecule has 0 saturated carbocycles. The number of methoxy groups -OCH3 is 1. The topological polar surface area (TPSA) is 62.3 Å². The fourth-order valence-corrected chi connectivity index (χ4v) is 5.23. The summed E-state index contributed by atoms with van der Waals surface area (Å²) in [5.74, 6) is -1.25. The van der Waals surface area contributed by atoms with Gasteiger partial charge in [-0.25, -0.2) is 18.2 Å². The van der Waals surface area contributed by atoms with Gasteiger partial charge in [0.15, 0.2) is 5.16 Å². The van der Waals surface area contributed by atoms with E-state index in [2.05, 4.69) is 4.98 Å². The molecule has 0 unspecified atom stereocenters. The molecule has 10 heteroatoms. The third kappa shape index (κ3) is 6.95. The summed E-state index contributed by atoms with van der Waals surface area (Å²) in [7, 11) is 1.55. The van der Waals surface area contributed by atoms with Crippen LogP contribution in [0.3, 0.4) is 0 Å². The average Bonchev–Trinajstić information content (AvgIpc) is 3.38. The van der Waals surface area contributed by atoms with Gasteiger partial charge in [-0.2, -0.15) is 0 Å². The standard InChI is InChI=1S/C28H27ClF3N3O2S.C2H6/c1-28(2,17-4-9-22(29)25(12-17)36-3)26-15-34-27(35(26)19-7-5-18(30)6-8-19)38-16-21-23(31)13-20(14-24(21)32)37-11-10-33;1-2/h4-9,12-15H,10-11,16,33H2,1-3H3;1-2H3. The molecular weight excluding hydrogens is 559 g/mol. The van der Waals surface area contributed by atoms with Crippen LogP contribution in [-0.4, -0.2) is 29.8 Å². The fourth-order valence-electron chi connectivity index (χ4n) is 4.03. The Labute approximate surface area is 242 Å². The average molecular weight is 592 g/mol. The summed E-state index contributed by atoms with van der Waals surface area (Å²) >= 11 is 7.41. The minimum absolute atomic E-state index is 0.0261. The summed E-state index contributed by atoms with van der Waals surface area (Å²) in [6.45, 7) is 8.41. The molecule has 2 N–H and O–H groups in total. The highest BCUT2D eigenvalue weighted by atomic mass is 35.5. The van der Waals surface area contributed by atoms with Gasteiger partial charge in [-0.1, -0.05) is 57.1 Å². The van der Waals surface area contributed by atoms with E-state index in [1.807, 2.05) is 44.4 Å². The highest BCUT2D eigenvalue weighted by molar-refractivity contribution is 7.98. The molecule has 1 aromatic heterocycles. The molecule has 4 aromatic rings. The van der Waals surface area contributed by atoms with E-state index in [1.54, 1.807) is 31.5 Å². The Hall–Kier alpha value is -3.14. The number of halogens is 4. The number of nitrogens with two attached hydrogens (primary N) is 1. The molecule has 0 aliphatic rings. The lowest BCUT2D eigenvalue weighted by Gasteiger charge is -2.28. The number of benzene rings is 3. The lowest BCUT2D eigenvalue weighted by molar-refractivity contribution is 0.324. The molecule has 0 radical (unpaired) electrons. The number of thioether (sulfide) groups is 1. The van der Waals surface area contributed by atoms with Gasteiger partial charge in [0.1, 0.15) is 35.6 Å². The van der Waals surface area contributed by atoms with Gasteiger partial charge in [-0.3, -0.25) is 4.57 Å². The van der Waals surface area contributed by atoms with Gasteiger partial charge < -0.3 is 15.2 Å². The van der Waals surface area contributed by atoms with Gasteiger partial charge in [-0.05, 0) is 42.0 Å². The van der Waals surface area contributed by atoms with Crippen molar-refractivity contribution in [1.29, 1.82) is 0 Å². The second-order valence-corrected chi connectivity index (χ2v) is 10.4. The van der Waals surface area contributed by atoms with Crippen LogP contribution >= 0.6 is 23.4 Å². The molecule has 4 rings (SSSR count). The first-order valence-electron chi connectivity index (χ1n) is 12.8. The minimum atomic E-state index is -0.724. The predicted octanol–water partition coefficient (Wildman–Crippen LogP) is 7.93. The maximum Gasteiger partial charge on any atom is 0.173 e. The number of hydrogen-bond donors (Lipinski definition) is 1. The number of aromatic nitrogens is 2. The highest BCUT2D eigenvalue weighted by Gasteiger charge is 2.30. The normalized spacial score (nSPS) is 11.2. The van der Waals surface area contributed by atoms with E-state index in [0.717, 1.165) is 35.2 Å². The van der Waals surface area contributed by atoms with E-state index in [9.17, 15) is 13.2 Å². The lowest BCUT2D eigenvalue weighted by atomic mass is 9.81. The molecule has 40 heavy (non-hydrogen) atoms. The molecule has 5 nitrogen and oxygen atoms in total. The summed E-state index contributed by atoms with van der Waals surface area (Å²) in [4.78, 5) is 4.59. The molecule has 0 aliphatic carbocycles. The van der Waals surface area contributed by atoms with Crippen LogP contribution in [-0.2, 0) is 11.2 Å². The van der Waals surface area contributed by atoms with Crippen LogP contribution in [0, 0.1) is 17.5 Å². The largest absolute Gasteiger partial charge is 0.495 e. The van der Waals surface area contributed by atoms with Crippen molar-refractivity contribution in [2.45, 2.75) is 44.0 Å². The van der Waals surface area contributed by atoms with E-state index in [0.29, 0.717) is 21.6 Å². The molecular formula is C30H33ClF3N3O2S. The van der Waals surface area contributed by atoms with Crippen LogP contribution in [0.5, 0.6) is 11.5 Å². The Balaban J connectivity index is 0.00000216. The Morgan fingerprint density at radius 1 is 1.00 bits per heavy atom. The van der Waals surface area contributed by atoms with Gasteiger partial charge in [0.25, 0.3) is 0 Å². The van der Waals surface area contributed by atoms with Crippen molar-refractivity contribution >= 4 is 23.4 Å². The van der Waals surface area contributed by atoms with Gasteiger partial charge in [0, 0.05) is 41.1 Å². The monoisotopic (exact) mass is 591 g/mol. The number of imidazole rings is 1. The summed E-state index contributed by atoms with van der Waals surface area (Å²) in [6, 6.07) is 13.8. The molecule has 3 aromatic carbocycles. The summed E-state index contributed by atoms with van der Waals surface area (Å²) in [5.41, 5.74) is 7.03. The maximum absolute atomic E-state index is 14.8. The van der Waals surface area contributed by atoms with Crippen LogP contribution in [0.25, 0.3) is 5.69 Å². The number of nitrogens with zero attached hydrogens (tertiary/aromatic N) is 2. The first kappa shape index (κ1) is 31.4. The maximum atomic E-state index is 14.8. The Morgan fingerprint density at radius 3 is 2.25 bits per heavy atom. The van der Waals surface area contributed by atoms with Crippen LogP contribution in [0.1, 0.15) is 44.5 Å². The minimum Gasteiger partial charge on any atom is -0.495 e. The predicted molar refractivity (Wildman–Crippen MR) is 155 cm³/mol. The van der Waals surface area contributed by atoms with Crippen molar-refractivity contribution in [2.75, 3.05) is 20.3 Å². The van der Waals surface area contributed by atoms with Crippen molar-refractivity contribution in [2.24, 2.45) is 5.73 Å². The third-order valence-corrected chi connectivity index (χ3v) is 7.47. The number of rotatable bonds is 10. The number of ether oxygens (including phenoxy) is 2. The Bertz CT molecular complexity index is 1410. The van der Waals surface area contributed by atoms with Crippen LogP contribution in [0.4, 0.5) is 13.2 Å². The molecule has 1 heterocycles. The second kappa shape index (κ2) is 14.0. The molecule has 0 bridgehead atoms. The van der Waals surface area contributed by atoms with Crippen molar-refractivity contribution < 1.29 is 22.6 Å². The quantitative estimate of drug-likeness (QED) is 0.190. The summed E-state index contributed by atoms with van der Waals surface area (Å²) in [6.07, 6.45) is 1.71. The lowest BCUT2D eigenvalue weighted by Crippen LogP contribution is -2.23. The van der Waals surface area contributed by atoms with Crippen molar-refractivity contribution in [3.63, 3.8) is 0 Å². The zero-order valence-corrected chi connectivity index (χ0v) is 24.7. The van der Waals surface area contributed by atoms with Crippen LogP contribution in [0.2, 0.25) is 5.02 Å². The third-order valence-electron chi connectivity index (χ3n) is 6.17. The summed E-state index contributed by atoms with van der Waals surface area (Å²) in [5, 5.41) is 0.974. The Morgan fingerprint density at radius 2 is 1.65 bits per heavy atom. The van der Waals surface area contributed by atoms with E-state index in [-0.39, 0.29) is 36.0 Å². The van der Waals surface area contributed by atoms with Crippen molar-refractivity contribution in [3.8, 4) is 17.2 Å². The molecule has 0 saturated heterocycles. The zero-order chi connectivity index (χ0) is 29.4. The second-order valence-electron chi connectivity index (χ2n) is 9.00. The smallest absolute Gasteiger partial charge is 0.173 e. The van der Waals surface area contributed by atoms with E-state index in [4.69, 9.17) is 26.8 Å². The first-order chi connectivity index (χ1) is 19.1. The fraction of sp³-hybridized carbons (Fsp3) is 0.300. The summed E-state index contributed by atoms with van der Waals surface area (Å²) < 4.78 is 55.8. The van der Waals surface area contributed by atoms with Gasteiger partial charge in [0.05, 0.1) is 24.0 Å². The van der Waals surface area contributed by atoms with E-state index in [1.165, 1.54) is 12.1 Å². The van der Waals surface area contributed by atoms with Crippen molar-refractivity contribution in [1.82, 2.24) is 9.55 Å². The number of hydrogen-bond acceptors (Lipinski definition) is 5. The zero-order valence-electron chi connectivity index (χ0n) is 23.1. The highest BCUT2D eigenvalue weighted by Crippen LogP contribution is 2.39. The van der Waals surface area contributed by atoms with E-state index < -0.39 is 17.0 Å². The van der Waals surface area contributed by atoms with Crippen LogP contribution < -0.4 is 15.2 Å². The van der Waals surface area contributed by atoms with Crippen molar-refractivity contribution in [3.05, 3.63) is 100 Å². The SMILES string of the molecule is CC.COc1cc(C(C)(C)c2cnc(SCc3c(F)cc(OCCN)cc3F)n2-c2ccc(F)cc2)ccc1Cl. The molecule has 0 aliphatic heterocycles. The molecule has 0 spiro atoms. The Kier molecular flexibility index (Phi) is 11.0. The van der Waals surface area contributed by atoms with E-state index >= 15 is 0 Å². The molecule has 0 fully saturated rings. The van der Waals surface area contributed by atoms with Gasteiger partial charge >= 0.3 is 0 Å². The van der Waals surface area contributed by atoms with Gasteiger partial charge in [0.2, 0.25) is 0 Å².